The topological polar surface area (TPSA) is 35.5 Å². The largest absolute Gasteiger partial charge is 0.510 e. The Balaban J connectivity index is 1.61. The Labute approximate surface area is 244 Å². The van der Waals surface area contributed by atoms with E-state index in [-0.39, 0.29) is 0 Å². The van der Waals surface area contributed by atoms with E-state index in [4.69, 9.17) is 9.47 Å². The summed E-state index contributed by atoms with van der Waals surface area (Å²) in [5.74, 6) is 0. The lowest BCUT2D eigenvalue weighted by atomic mass is 9.86. The van der Waals surface area contributed by atoms with Crippen molar-refractivity contribution in [3.05, 3.63) is 68.8 Å². The molecule has 0 radical (unpaired) electrons. The molecule has 0 aliphatic heterocycles. The van der Waals surface area contributed by atoms with E-state index in [9.17, 15) is 4.79 Å². The number of hydrogen-bond donors (Lipinski definition) is 0. The highest BCUT2D eigenvalue weighted by Crippen LogP contribution is 2.55. The molecule has 4 rings (SSSR count). The number of benzene rings is 2. The summed E-state index contributed by atoms with van der Waals surface area (Å²) in [6, 6.07) is 9.16. The van der Waals surface area contributed by atoms with Crippen molar-refractivity contribution in [2.24, 2.45) is 0 Å². The second kappa shape index (κ2) is 13.6. The van der Waals surface area contributed by atoms with Gasteiger partial charge in [0.25, 0.3) is 0 Å². The predicted molar refractivity (Wildman–Crippen MR) is 166 cm³/mol. The third-order valence-corrected chi connectivity index (χ3v) is 9.04. The molecule has 3 heteroatoms. The van der Waals surface area contributed by atoms with Gasteiger partial charge < -0.3 is 9.47 Å². The molecule has 2 aromatic carbocycles. The molecule has 0 unspecified atom stereocenters. The normalized spacial score (nSPS) is 16.6. The van der Waals surface area contributed by atoms with Crippen molar-refractivity contribution in [1.29, 1.82) is 0 Å². The molecule has 220 valence electrons. The van der Waals surface area contributed by atoms with Gasteiger partial charge in [-0.25, -0.2) is 4.79 Å². The Hall–Kier alpha value is -2.29. The first-order valence-electron chi connectivity index (χ1n) is 16.6. The molecule has 0 atom stereocenters. The second-order valence-electron chi connectivity index (χ2n) is 12.4. The first-order valence-corrected chi connectivity index (χ1v) is 16.6. The molecule has 0 bridgehead atoms. The number of carbonyl (C=O) groups excluding carboxylic acids is 1. The summed E-state index contributed by atoms with van der Waals surface area (Å²) in [5, 5.41) is 0. The Bertz CT molecular complexity index is 1060. The van der Waals surface area contributed by atoms with Crippen molar-refractivity contribution in [3.8, 4) is 0 Å². The molecular formula is C37H54O3. The summed E-state index contributed by atoms with van der Waals surface area (Å²) in [6.45, 7) is 13.6. The van der Waals surface area contributed by atoms with E-state index in [2.05, 4.69) is 65.8 Å². The maximum atomic E-state index is 13.6. The number of hydrogen-bond acceptors (Lipinski definition) is 3. The Morgan fingerprint density at radius 2 is 0.850 bits per heavy atom. The number of aryl methyl sites for hydroxylation is 2. The van der Waals surface area contributed by atoms with Gasteiger partial charge in [-0.1, -0.05) is 104 Å². The SMILES string of the molecule is CCCc1ccc(C2(OC(=O)OC3(c4ccc(CCC)c(CCC)c4CCC)CC3)CC2)c(CCC)c1CCC. The zero-order chi connectivity index (χ0) is 28.8. The molecule has 2 aromatic rings. The molecule has 3 nitrogen and oxygen atoms in total. The summed E-state index contributed by atoms with van der Waals surface area (Å²) in [7, 11) is 0. The van der Waals surface area contributed by atoms with E-state index in [1.807, 2.05) is 0 Å². The van der Waals surface area contributed by atoms with Crippen molar-refractivity contribution in [3.63, 3.8) is 0 Å². The van der Waals surface area contributed by atoms with Gasteiger partial charge in [-0.15, -0.1) is 0 Å². The number of rotatable bonds is 16. The molecular weight excluding hydrogens is 492 g/mol. The summed E-state index contributed by atoms with van der Waals surface area (Å²) in [6.07, 6.45) is 16.3. The van der Waals surface area contributed by atoms with E-state index in [1.54, 1.807) is 0 Å². The third kappa shape index (κ3) is 6.44. The average molecular weight is 547 g/mol. The fraction of sp³-hybridized carbons (Fsp3) is 0.649. The van der Waals surface area contributed by atoms with Crippen LogP contribution in [0.5, 0.6) is 0 Å². The zero-order valence-corrected chi connectivity index (χ0v) is 26.3. The van der Waals surface area contributed by atoms with E-state index >= 15 is 0 Å². The van der Waals surface area contributed by atoms with Crippen LogP contribution in [0.1, 0.15) is 150 Å². The predicted octanol–water partition coefficient (Wildman–Crippen LogP) is 10.2. The third-order valence-electron chi connectivity index (χ3n) is 9.04. The van der Waals surface area contributed by atoms with Crippen LogP contribution in [0.3, 0.4) is 0 Å². The fourth-order valence-electron chi connectivity index (χ4n) is 6.96. The van der Waals surface area contributed by atoms with Crippen LogP contribution in [0.4, 0.5) is 4.79 Å². The lowest BCUT2D eigenvalue weighted by molar-refractivity contribution is -0.0221. The van der Waals surface area contributed by atoms with E-state index in [1.165, 1.54) is 44.5 Å². The van der Waals surface area contributed by atoms with Crippen LogP contribution in [0, 0.1) is 0 Å². The molecule has 2 aliphatic carbocycles. The summed E-state index contributed by atoms with van der Waals surface area (Å²) in [4.78, 5) is 13.6. The quantitative estimate of drug-likeness (QED) is 0.196. The standard InChI is InChI=1S/C37H54O3/c1-7-13-27-19-21-33(31(17-11-5)29(27)15-9-3)36(23-24-36)39-35(38)40-37(25-26-37)34-22-20-28(14-8-2)30(16-10-4)32(34)18-12-6/h19-22H,7-18,23-26H2,1-6H3. The van der Waals surface area contributed by atoms with Gasteiger partial charge in [-0.3, -0.25) is 0 Å². The molecule has 0 spiro atoms. The molecule has 0 amide bonds. The van der Waals surface area contributed by atoms with Crippen molar-refractivity contribution < 1.29 is 14.3 Å². The smallest absolute Gasteiger partial charge is 0.423 e. The maximum absolute atomic E-state index is 13.6. The van der Waals surface area contributed by atoms with Gasteiger partial charge in [0.2, 0.25) is 0 Å². The van der Waals surface area contributed by atoms with Crippen LogP contribution >= 0.6 is 0 Å². The van der Waals surface area contributed by atoms with Gasteiger partial charge in [0, 0.05) is 0 Å². The van der Waals surface area contributed by atoms with Crippen molar-refractivity contribution in [2.45, 2.75) is 155 Å². The van der Waals surface area contributed by atoms with Crippen LogP contribution in [0.25, 0.3) is 0 Å². The highest BCUT2D eigenvalue weighted by Gasteiger charge is 2.54. The first-order chi connectivity index (χ1) is 19.4. The Morgan fingerprint density at radius 1 is 0.525 bits per heavy atom. The van der Waals surface area contributed by atoms with Crippen LogP contribution in [-0.2, 0) is 59.2 Å². The zero-order valence-electron chi connectivity index (χ0n) is 26.3. The molecule has 0 aromatic heterocycles. The van der Waals surface area contributed by atoms with Crippen LogP contribution in [0.15, 0.2) is 24.3 Å². The highest BCUT2D eigenvalue weighted by molar-refractivity contribution is 5.64. The van der Waals surface area contributed by atoms with Gasteiger partial charge in [-0.05, 0) is 109 Å². The highest BCUT2D eigenvalue weighted by atomic mass is 16.7. The lowest BCUT2D eigenvalue weighted by Gasteiger charge is -2.27. The van der Waals surface area contributed by atoms with Crippen molar-refractivity contribution >= 4 is 6.16 Å². The van der Waals surface area contributed by atoms with Gasteiger partial charge in [0.05, 0.1) is 0 Å². The minimum atomic E-state index is -0.518. The summed E-state index contributed by atoms with van der Waals surface area (Å²) in [5.41, 5.74) is 10.3. The van der Waals surface area contributed by atoms with E-state index in [0.29, 0.717) is 0 Å². The fourth-order valence-corrected chi connectivity index (χ4v) is 6.96. The molecule has 0 heterocycles. The number of carbonyl (C=O) groups is 1. The molecule has 2 aliphatic rings. The van der Waals surface area contributed by atoms with Gasteiger partial charge in [-0.2, -0.15) is 0 Å². The number of ether oxygens (including phenoxy) is 2. The lowest BCUT2D eigenvalue weighted by Crippen LogP contribution is -2.26. The molecule has 2 saturated carbocycles. The second-order valence-corrected chi connectivity index (χ2v) is 12.4. The van der Waals surface area contributed by atoms with Crippen molar-refractivity contribution in [1.82, 2.24) is 0 Å². The molecule has 0 saturated heterocycles. The minimum absolute atomic E-state index is 0.482. The first kappa shape index (κ1) is 30.7. The van der Waals surface area contributed by atoms with Crippen molar-refractivity contribution in [2.75, 3.05) is 0 Å². The monoisotopic (exact) mass is 546 g/mol. The van der Waals surface area contributed by atoms with Crippen LogP contribution < -0.4 is 0 Å². The van der Waals surface area contributed by atoms with Crippen LogP contribution in [0.2, 0.25) is 0 Å². The average Bonchev–Trinajstić information content (AvgIpc) is 3.86. The Kier molecular flexibility index (Phi) is 10.4. The summed E-state index contributed by atoms with van der Waals surface area (Å²) < 4.78 is 12.7. The molecule has 2 fully saturated rings. The van der Waals surface area contributed by atoms with Gasteiger partial charge in [0.1, 0.15) is 11.2 Å². The van der Waals surface area contributed by atoms with Crippen LogP contribution in [-0.4, -0.2) is 6.16 Å². The van der Waals surface area contributed by atoms with Gasteiger partial charge in [0.15, 0.2) is 0 Å². The maximum Gasteiger partial charge on any atom is 0.510 e. The molecule has 40 heavy (non-hydrogen) atoms. The Morgan fingerprint density at radius 3 is 1.15 bits per heavy atom. The summed E-state index contributed by atoms with van der Waals surface area (Å²) >= 11 is 0. The van der Waals surface area contributed by atoms with Gasteiger partial charge >= 0.3 is 6.16 Å². The minimum Gasteiger partial charge on any atom is -0.423 e. The molecule has 0 N–H and O–H groups in total. The van der Waals surface area contributed by atoms with E-state index < -0.39 is 17.4 Å². The van der Waals surface area contributed by atoms with E-state index in [0.717, 1.165) is 103 Å².